The number of imidazole rings is 1. The van der Waals surface area contributed by atoms with Gasteiger partial charge in [0.15, 0.2) is 5.69 Å². The molecule has 5 heteroatoms. The minimum absolute atomic E-state index is 0.221. The zero-order valence-electron chi connectivity index (χ0n) is 5.78. The van der Waals surface area contributed by atoms with Gasteiger partial charge in [-0.2, -0.15) is 0 Å². The highest BCUT2D eigenvalue weighted by atomic mass is 16.6. The Kier molecular flexibility index (Phi) is 2.00. The molecule has 0 aliphatic carbocycles. The summed E-state index contributed by atoms with van der Waals surface area (Å²) < 4.78 is 0. The van der Waals surface area contributed by atoms with Gasteiger partial charge in [-0.05, 0) is 4.92 Å². The van der Waals surface area contributed by atoms with Crippen LogP contribution >= 0.6 is 0 Å². The monoisotopic (exact) mass is 153 g/mol. The van der Waals surface area contributed by atoms with Gasteiger partial charge < -0.3 is 10.1 Å². The van der Waals surface area contributed by atoms with Crippen molar-refractivity contribution >= 4 is 5.95 Å². The number of nitrogens with one attached hydrogen (secondary N) is 1. The van der Waals surface area contributed by atoms with Crippen molar-refractivity contribution in [1.29, 1.82) is 0 Å². The van der Waals surface area contributed by atoms with E-state index in [-0.39, 0.29) is 5.95 Å². The Morgan fingerprint density at radius 2 is 2.64 bits per heavy atom. The molecule has 0 atom stereocenters. The molecule has 1 aromatic heterocycles. The van der Waals surface area contributed by atoms with Crippen molar-refractivity contribution in [2.24, 2.45) is 0 Å². The van der Waals surface area contributed by atoms with E-state index in [9.17, 15) is 10.1 Å². The highest BCUT2D eigenvalue weighted by molar-refractivity contribution is 5.12. The third-order valence-corrected chi connectivity index (χ3v) is 1.14. The Hall–Kier alpha value is -1.65. The fraction of sp³-hybridized carbons (Fsp3) is 0.167. The zero-order chi connectivity index (χ0) is 8.27. The van der Waals surface area contributed by atoms with Crippen molar-refractivity contribution in [1.82, 2.24) is 9.97 Å². The van der Waals surface area contributed by atoms with Crippen LogP contribution in [0.25, 0.3) is 0 Å². The normalized spacial score (nSPS) is 9.45. The minimum Gasteiger partial charge on any atom is -0.390 e. The molecular formula is C6H7N3O2. The Bertz CT molecular complexity index is 279. The second-order valence-corrected chi connectivity index (χ2v) is 1.97. The number of H-pyrrole nitrogens is 1. The van der Waals surface area contributed by atoms with Crippen LogP contribution < -0.4 is 0 Å². The SMILES string of the molecule is C=CCc1c[nH]c([N+](=O)[O-])n1. The molecular weight excluding hydrogens is 146 g/mol. The van der Waals surface area contributed by atoms with Crippen molar-refractivity contribution < 1.29 is 4.92 Å². The minimum atomic E-state index is -0.563. The van der Waals surface area contributed by atoms with Crippen LogP contribution in [0.4, 0.5) is 5.95 Å². The van der Waals surface area contributed by atoms with E-state index in [1.807, 2.05) is 0 Å². The van der Waals surface area contributed by atoms with Gasteiger partial charge in [0, 0.05) is 6.42 Å². The van der Waals surface area contributed by atoms with E-state index >= 15 is 0 Å². The van der Waals surface area contributed by atoms with Gasteiger partial charge in [-0.3, -0.25) is 0 Å². The molecule has 0 saturated heterocycles. The fourth-order valence-electron chi connectivity index (χ4n) is 0.694. The number of aromatic amines is 1. The molecule has 1 rings (SSSR count). The van der Waals surface area contributed by atoms with Crippen LogP contribution in [0, 0.1) is 10.1 Å². The Morgan fingerprint density at radius 1 is 1.91 bits per heavy atom. The summed E-state index contributed by atoms with van der Waals surface area (Å²) in [6.45, 7) is 3.49. The number of nitro groups is 1. The van der Waals surface area contributed by atoms with Crippen molar-refractivity contribution in [2.45, 2.75) is 6.42 Å². The number of aromatic nitrogens is 2. The van der Waals surface area contributed by atoms with Gasteiger partial charge in [-0.1, -0.05) is 11.1 Å². The molecule has 0 bridgehead atoms. The quantitative estimate of drug-likeness (QED) is 0.400. The lowest BCUT2D eigenvalue weighted by Crippen LogP contribution is -1.89. The summed E-state index contributed by atoms with van der Waals surface area (Å²) >= 11 is 0. The first-order chi connectivity index (χ1) is 5.24. The van der Waals surface area contributed by atoms with Gasteiger partial charge in [0.1, 0.15) is 6.20 Å². The van der Waals surface area contributed by atoms with E-state index in [1.165, 1.54) is 6.20 Å². The maximum absolute atomic E-state index is 10.1. The summed E-state index contributed by atoms with van der Waals surface area (Å²) in [5.41, 5.74) is 0.631. The maximum atomic E-state index is 10.1. The van der Waals surface area contributed by atoms with E-state index in [4.69, 9.17) is 0 Å². The molecule has 0 aliphatic rings. The Morgan fingerprint density at radius 3 is 3.09 bits per heavy atom. The van der Waals surface area contributed by atoms with E-state index in [1.54, 1.807) is 6.08 Å². The van der Waals surface area contributed by atoms with Crippen LogP contribution in [0.1, 0.15) is 5.69 Å². The molecule has 58 valence electrons. The van der Waals surface area contributed by atoms with Crippen molar-refractivity contribution in [3.05, 3.63) is 34.7 Å². The van der Waals surface area contributed by atoms with Gasteiger partial charge in [0.05, 0.1) is 0 Å². The molecule has 0 aromatic carbocycles. The molecule has 0 aliphatic heterocycles. The first-order valence-corrected chi connectivity index (χ1v) is 3.03. The number of hydrogen-bond donors (Lipinski definition) is 1. The summed E-state index contributed by atoms with van der Waals surface area (Å²) in [5, 5.41) is 10.1. The second kappa shape index (κ2) is 2.96. The van der Waals surface area contributed by atoms with Crippen LogP contribution in [-0.4, -0.2) is 14.9 Å². The van der Waals surface area contributed by atoms with Crippen LogP contribution in [0.3, 0.4) is 0 Å². The molecule has 0 spiro atoms. The lowest BCUT2D eigenvalue weighted by Gasteiger charge is -1.84. The molecule has 0 radical (unpaired) electrons. The Balaban J connectivity index is 2.81. The predicted molar refractivity (Wildman–Crippen MR) is 39.1 cm³/mol. The van der Waals surface area contributed by atoms with Gasteiger partial charge in [-0.15, -0.1) is 6.58 Å². The molecule has 0 amide bonds. The standard InChI is InChI=1S/C6H7N3O2/c1-2-3-5-4-7-6(8-5)9(10)11/h2,4H,1,3H2,(H,7,8). The molecule has 0 saturated carbocycles. The van der Waals surface area contributed by atoms with Crippen LogP contribution in [0.15, 0.2) is 18.9 Å². The van der Waals surface area contributed by atoms with E-state index in [0.717, 1.165) is 0 Å². The molecule has 0 fully saturated rings. The molecule has 11 heavy (non-hydrogen) atoms. The summed E-state index contributed by atoms with van der Waals surface area (Å²) in [6.07, 6.45) is 3.68. The van der Waals surface area contributed by atoms with Crippen molar-refractivity contribution in [2.75, 3.05) is 0 Å². The maximum Gasteiger partial charge on any atom is 0.432 e. The number of hydrogen-bond acceptors (Lipinski definition) is 3. The molecule has 1 heterocycles. The molecule has 0 unspecified atom stereocenters. The van der Waals surface area contributed by atoms with E-state index < -0.39 is 4.92 Å². The second-order valence-electron chi connectivity index (χ2n) is 1.97. The van der Waals surface area contributed by atoms with Crippen molar-refractivity contribution in [3.8, 4) is 0 Å². The number of nitrogens with zero attached hydrogens (tertiary/aromatic N) is 2. The third kappa shape index (κ3) is 1.64. The largest absolute Gasteiger partial charge is 0.432 e. The van der Waals surface area contributed by atoms with Crippen LogP contribution in [0.2, 0.25) is 0 Å². The number of allylic oxidation sites excluding steroid dienone is 1. The molecule has 1 aromatic rings. The highest BCUT2D eigenvalue weighted by Gasteiger charge is 2.09. The summed E-state index contributed by atoms with van der Waals surface area (Å²) in [5.74, 6) is -0.221. The first kappa shape index (κ1) is 7.46. The smallest absolute Gasteiger partial charge is 0.390 e. The highest BCUT2D eigenvalue weighted by Crippen LogP contribution is 2.04. The lowest BCUT2D eigenvalue weighted by atomic mass is 10.3. The van der Waals surface area contributed by atoms with Crippen LogP contribution in [-0.2, 0) is 6.42 Å². The summed E-state index contributed by atoms with van der Waals surface area (Å²) in [4.78, 5) is 15.6. The fourth-order valence-corrected chi connectivity index (χ4v) is 0.694. The van der Waals surface area contributed by atoms with Crippen molar-refractivity contribution in [3.63, 3.8) is 0 Å². The van der Waals surface area contributed by atoms with Gasteiger partial charge in [0.2, 0.25) is 0 Å². The third-order valence-electron chi connectivity index (χ3n) is 1.14. The first-order valence-electron chi connectivity index (χ1n) is 3.03. The lowest BCUT2D eigenvalue weighted by molar-refractivity contribution is -0.393. The van der Waals surface area contributed by atoms with E-state index in [0.29, 0.717) is 12.1 Å². The molecule has 1 N–H and O–H groups in total. The Labute approximate surface area is 62.9 Å². The summed E-state index contributed by atoms with van der Waals surface area (Å²) in [6, 6.07) is 0. The van der Waals surface area contributed by atoms with Crippen LogP contribution in [0.5, 0.6) is 0 Å². The summed E-state index contributed by atoms with van der Waals surface area (Å²) in [7, 11) is 0. The van der Waals surface area contributed by atoms with Gasteiger partial charge in [0.25, 0.3) is 0 Å². The molecule has 5 nitrogen and oxygen atoms in total. The predicted octanol–water partition coefficient (Wildman–Crippen LogP) is 1.05. The average molecular weight is 153 g/mol. The average Bonchev–Trinajstić information content (AvgIpc) is 2.37. The van der Waals surface area contributed by atoms with E-state index in [2.05, 4.69) is 16.5 Å². The number of rotatable bonds is 3. The topological polar surface area (TPSA) is 71.8 Å². The van der Waals surface area contributed by atoms with Gasteiger partial charge in [-0.25, -0.2) is 4.98 Å². The zero-order valence-corrected chi connectivity index (χ0v) is 5.78. The van der Waals surface area contributed by atoms with Gasteiger partial charge >= 0.3 is 5.95 Å².